The molecule has 1 aromatic carbocycles. The predicted molar refractivity (Wildman–Crippen MR) is 85.7 cm³/mol. The molecule has 1 aliphatic rings. The average molecular weight is 318 g/mol. The van der Waals surface area contributed by atoms with Gasteiger partial charge in [-0.2, -0.15) is 0 Å². The van der Waals surface area contributed by atoms with E-state index in [2.05, 4.69) is 11.9 Å². The SMILES string of the molecule is C=C1C(C(N)=O)=C(Nc2ccc(C)cc2F)N(C)C(=O)N1CC. The third-order valence-corrected chi connectivity index (χ3v) is 3.64. The van der Waals surface area contributed by atoms with Crippen molar-refractivity contribution in [3.8, 4) is 0 Å². The highest BCUT2D eigenvalue weighted by molar-refractivity contribution is 6.01. The van der Waals surface area contributed by atoms with Crippen molar-refractivity contribution in [3.05, 3.63) is 53.2 Å². The smallest absolute Gasteiger partial charge is 0.329 e. The van der Waals surface area contributed by atoms with Crippen LogP contribution in [0.5, 0.6) is 0 Å². The van der Waals surface area contributed by atoms with Crippen LogP contribution in [0.3, 0.4) is 0 Å². The van der Waals surface area contributed by atoms with E-state index in [1.807, 2.05) is 0 Å². The number of nitrogens with two attached hydrogens (primary N) is 1. The fraction of sp³-hybridized carbons (Fsp3) is 0.250. The molecule has 2 rings (SSSR count). The molecular weight excluding hydrogens is 299 g/mol. The summed E-state index contributed by atoms with van der Waals surface area (Å²) in [6.07, 6.45) is 0. The van der Waals surface area contributed by atoms with Gasteiger partial charge < -0.3 is 11.1 Å². The maximum absolute atomic E-state index is 14.1. The number of urea groups is 1. The zero-order chi connectivity index (χ0) is 17.3. The van der Waals surface area contributed by atoms with Crippen LogP contribution in [0.15, 0.2) is 41.9 Å². The van der Waals surface area contributed by atoms with Crippen LogP contribution in [0.25, 0.3) is 0 Å². The Labute approximate surface area is 134 Å². The Balaban J connectivity index is 2.54. The van der Waals surface area contributed by atoms with Crippen molar-refractivity contribution in [2.45, 2.75) is 13.8 Å². The summed E-state index contributed by atoms with van der Waals surface area (Å²) in [5, 5.41) is 2.78. The van der Waals surface area contributed by atoms with Crippen LogP contribution in [-0.2, 0) is 4.79 Å². The highest BCUT2D eigenvalue weighted by Gasteiger charge is 2.35. The van der Waals surface area contributed by atoms with Crippen molar-refractivity contribution < 1.29 is 14.0 Å². The van der Waals surface area contributed by atoms with Crippen molar-refractivity contribution in [1.29, 1.82) is 0 Å². The fourth-order valence-electron chi connectivity index (χ4n) is 2.41. The first kappa shape index (κ1) is 16.5. The quantitative estimate of drug-likeness (QED) is 0.893. The summed E-state index contributed by atoms with van der Waals surface area (Å²) < 4.78 is 14.1. The zero-order valence-corrected chi connectivity index (χ0v) is 13.3. The maximum Gasteiger partial charge on any atom is 0.329 e. The molecule has 23 heavy (non-hydrogen) atoms. The Morgan fingerprint density at radius 3 is 2.61 bits per heavy atom. The van der Waals surface area contributed by atoms with Gasteiger partial charge in [-0.1, -0.05) is 12.6 Å². The zero-order valence-electron chi connectivity index (χ0n) is 13.3. The molecule has 0 unspecified atom stereocenters. The summed E-state index contributed by atoms with van der Waals surface area (Å²) >= 11 is 0. The first-order valence-corrected chi connectivity index (χ1v) is 7.09. The molecule has 3 N–H and O–H groups in total. The summed E-state index contributed by atoms with van der Waals surface area (Å²) in [5.74, 6) is -1.13. The van der Waals surface area contributed by atoms with Crippen LogP contribution in [-0.4, -0.2) is 35.3 Å². The Kier molecular flexibility index (Phi) is 4.40. The molecular formula is C16H19FN4O2. The number of nitrogens with one attached hydrogen (secondary N) is 1. The van der Waals surface area contributed by atoms with E-state index in [0.717, 1.165) is 5.56 Å². The molecule has 122 valence electrons. The van der Waals surface area contributed by atoms with Crippen molar-refractivity contribution >= 4 is 17.6 Å². The summed E-state index contributed by atoms with van der Waals surface area (Å²) in [5.41, 5.74) is 6.57. The lowest BCUT2D eigenvalue weighted by atomic mass is 10.1. The first-order valence-electron chi connectivity index (χ1n) is 7.09. The number of hydrogen-bond acceptors (Lipinski definition) is 3. The summed E-state index contributed by atoms with van der Waals surface area (Å²) in [4.78, 5) is 26.7. The van der Waals surface area contributed by atoms with Gasteiger partial charge >= 0.3 is 6.03 Å². The van der Waals surface area contributed by atoms with E-state index in [9.17, 15) is 14.0 Å². The molecule has 0 saturated heterocycles. The number of anilines is 1. The minimum atomic E-state index is -0.747. The lowest BCUT2D eigenvalue weighted by Crippen LogP contribution is -2.48. The number of primary amides is 1. The number of aryl methyl sites for hydroxylation is 1. The molecule has 0 spiro atoms. The van der Waals surface area contributed by atoms with Gasteiger partial charge in [-0.25, -0.2) is 9.18 Å². The number of halogens is 1. The van der Waals surface area contributed by atoms with Gasteiger partial charge in [0.05, 0.1) is 11.4 Å². The normalized spacial score (nSPS) is 15.3. The Hall–Kier alpha value is -2.83. The molecule has 1 aromatic rings. The average Bonchev–Trinajstić information content (AvgIpc) is 2.47. The van der Waals surface area contributed by atoms with Gasteiger partial charge in [0, 0.05) is 13.6 Å². The summed E-state index contributed by atoms with van der Waals surface area (Å²) in [6, 6.07) is 4.22. The van der Waals surface area contributed by atoms with Crippen LogP contribution < -0.4 is 11.1 Å². The highest BCUT2D eigenvalue weighted by atomic mass is 19.1. The van der Waals surface area contributed by atoms with Crippen LogP contribution >= 0.6 is 0 Å². The predicted octanol–water partition coefficient (Wildman–Crippen LogP) is 2.14. The number of nitrogens with zero attached hydrogens (tertiary/aromatic N) is 2. The topological polar surface area (TPSA) is 78.7 Å². The highest BCUT2D eigenvalue weighted by Crippen LogP contribution is 2.29. The lowest BCUT2D eigenvalue weighted by molar-refractivity contribution is -0.114. The second-order valence-corrected chi connectivity index (χ2v) is 5.23. The molecule has 7 heteroatoms. The maximum atomic E-state index is 14.1. The van der Waals surface area contributed by atoms with E-state index < -0.39 is 11.7 Å². The number of rotatable bonds is 4. The molecule has 6 nitrogen and oxygen atoms in total. The molecule has 0 radical (unpaired) electrons. The second-order valence-electron chi connectivity index (χ2n) is 5.23. The van der Waals surface area contributed by atoms with E-state index in [1.165, 1.54) is 29.0 Å². The molecule has 0 aromatic heterocycles. The Morgan fingerprint density at radius 1 is 1.43 bits per heavy atom. The molecule has 0 bridgehead atoms. The van der Waals surface area contributed by atoms with Crippen molar-refractivity contribution in [2.75, 3.05) is 18.9 Å². The van der Waals surface area contributed by atoms with Crippen molar-refractivity contribution in [2.24, 2.45) is 5.73 Å². The lowest BCUT2D eigenvalue weighted by Gasteiger charge is -2.37. The van der Waals surface area contributed by atoms with Crippen molar-refractivity contribution in [3.63, 3.8) is 0 Å². The summed E-state index contributed by atoms with van der Waals surface area (Å²) in [6.45, 7) is 7.63. The Bertz CT molecular complexity index is 727. The van der Waals surface area contributed by atoms with E-state index >= 15 is 0 Å². The standard InChI is InChI=1S/C16H19FN4O2/c1-5-21-10(3)13(14(18)22)15(20(4)16(21)23)19-12-7-6-9(2)8-11(12)17/h6-8,19H,3,5H2,1-2,4H3,(H2,18,22). The number of carbonyl (C=O) groups is 2. The van der Waals surface area contributed by atoms with E-state index in [0.29, 0.717) is 6.54 Å². The summed E-state index contributed by atoms with van der Waals surface area (Å²) in [7, 11) is 1.48. The van der Waals surface area contributed by atoms with Gasteiger partial charge in [0.15, 0.2) is 0 Å². The largest absolute Gasteiger partial charge is 0.365 e. The van der Waals surface area contributed by atoms with Gasteiger partial charge in [-0.05, 0) is 31.5 Å². The number of benzene rings is 1. The minimum absolute atomic E-state index is 0.0499. The van der Waals surface area contributed by atoms with Crippen LogP contribution in [0.4, 0.5) is 14.9 Å². The third kappa shape index (κ3) is 2.90. The van der Waals surface area contributed by atoms with Crippen LogP contribution in [0.1, 0.15) is 12.5 Å². The molecule has 0 fully saturated rings. The first-order chi connectivity index (χ1) is 10.8. The van der Waals surface area contributed by atoms with Gasteiger partial charge in [0.2, 0.25) is 0 Å². The molecule has 0 atom stereocenters. The molecule has 1 heterocycles. The number of amides is 3. The van der Waals surface area contributed by atoms with Gasteiger partial charge in [0.25, 0.3) is 5.91 Å². The monoisotopic (exact) mass is 318 g/mol. The van der Waals surface area contributed by atoms with Crippen LogP contribution in [0.2, 0.25) is 0 Å². The molecule has 3 amide bonds. The van der Waals surface area contributed by atoms with E-state index in [4.69, 9.17) is 5.73 Å². The second kappa shape index (κ2) is 6.12. The number of hydrogen-bond donors (Lipinski definition) is 2. The van der Waals surface area contributed by atoms with Gasteiger partial charge in [-0.3, -0.25) is 14.6 Å². The number of likely N-dealkylation sites (N-methyl/N-ethyl adjacent to an activating group) is 1. The molecule has 0 aliphatic carbocycles. The van der Waals surface area contributed by atoms with E-state index in [-0.39, 0.29) is 28.8 Å². The third-order valence-electron chi connectivity index (χ3n) is 3.64. The van der Waals surface area contributed by atoms with E-state index in [1.54, 1.807) is 19.9 Å². The van der Waals surface area contributed by atoms with Crippen molar-refractivity contribution in [1.82, 2.24) is 9.80 Å². The fourth-order valence-corrected chi connectivity index (χ4v) is 2.41. The van der Waals surface area contributed by atoms with Gasteiger partial charge in [0.1, 0.15) is 17.2 Å². The van der Waals surface area contributed by atoms with Crippen LogP contribution in [0, 0.1) is 12.7 Å². The molecule has 1 aliphatic heterocycles. The molecule has 0 saturated carbocycles. The Morgan fingerprint density at radius 2 is 2.09 bits per heavy atom. The number of carbonyl (C=O) groups excluding carboxylic acids is 2. The van der Waals surface area contributed by atoms with Gasteiger partial charge in [-0.15, -0.1) is 0 Å². The minimum Gasteiger partial charge on any atom is -0.365 e.